The van der Waals surface area contributed by atoms with Gasteiger partial charge in [-0.2, -0.15) is 0 Å². The Morgan fingerprint density at radius 2 is 1.62 bits per heavy atom. The van der Waals surface area contributed by atoms with Crippen LogP contribution in [0.15, 0.2) is 46.1 Å². The number of aliphatic hydroxyl groups is 2. The van der Waals surface area contributed by atoms with Gasteiger partial charge in [0.15, 0.2) is 11.6 Å². The molecule has 294 valence electrons. The second-order valence-electron chi connectivity index (χ2n) is 17.1. The minimum absolute atomic E-state index is 0.00736. The predicted molar refractivity (Wildman–Crippen MR) is 200 cm³/mol. The van der Waals surface area contributed by atoms with Gasteiger partial charge in [-0.15, -0.1) is 0 Å². The average Bonchev–Trinajstić information content (AvgIpc) is 3.06. The number of hydrogen-bond acceptors (Lipinski definition) is 10. The summed E-state index contributed by atoms with van der Waals surface area (Å²) in [5.41, 5.74) is -0.945. The smallest absolute Gasteiger partial charge is 0.313 e. The maximum atomic E-state index is 14.8. The van der Waals surface area contributed by atoms with Gasteiger partial charge in [-0.25, -0.2) is 0 Å². The Kier molecular flexibility index (Phi) is 13.4. The van der Waals surface area contributed by atoms with Crippen molar-refractivity contribution in [3.05, 3.63) is 46.1 Å². The predicted octanol–water partition coefficient (Wildman–Crippen LogP) is 6.66. The summed E-state index contributed by atoms with van der Waals surface area (Å²) in [7, 11) is 1.26. The number of fused-ring (bicyclic) bond motifs is 5. The highest BCUT2D eigenvalue weighted by Crippen LogP contribution is 2.56. The summed E-state index contributed by atoms with van der Waals surface area (Å²) in [6.45, 7) is 15.7. The number of esters is 2. The summed E-state index contributed by atoms with van der Waals surface area (Å²) in [4.78, 5) is 70.3. The quantitative estimate of drug-likeness (QED) is 0.238. The van der Waals surface area contributed by atoms with E-state index in [0.717, 1.165) is 16.7 Å². The number of ketones is 3. The summed E-state index contributed by atoms with van der Waals surface area (Å²) >= 11 is 0. The molecule has 0 aromatic carbocycles. The molecule has 53 heavy (non-hydrogen) atoms. The van der Waals surface area contributed by atoms with Gasteiger partial charge in [-0.1, -0.05) is 48.3 Å². The minimum atomic E-state index is -1.73. The van der Waals surface area contributed by atoms with Crippen molar-refractivity contribution in [3.8, 4) is 0 Å². The third kappa shape index (κ3) is 9.03. The van der Waals surface area contributed by atoms with Crippen LogP contribution in [0, 0.1) is 29.1 Å². The second kappa shape index (κ2) is 16.7. The van der Waals surface area contributed by atoms with Crippen LogP contribution in [0.1, 0.15) is 127 Å². The Balaban J connectivity index is 2.05. The topological polar surface area (TPSA) is 154 Å². The van der Waals surface area contributed by atoms with Crippen LogP contribution >= 0.6 is 0 Å². The zero-order valence-corrected chi connectivity index (χ0v) is 33.5. The van der Waals surface area contributed by atoms with E-state index < -0.39 is 64.6 Å². The van der Waals surface area contributed by atoms with Crippen molar-refractivity contribution < 1.29 is 48.4 Å². The lowest BCUT2D eigenvalue weighted by atomic mass is 9.53. The third-order valence-electron chi connectivity index (χ3n) is 12.6. The van der Waals surface area contributed by atoms with E-state index in [-0.39, 0.29) is 49.0 Å². The van der Waals surface area contributed by atoms with Gasteiger partial charge in [-0.05, 0) is 104 Å². The molecule has 0 saturated carbocycles. The Morgan fingerprint density at radius 3 is 2.25 bits per heavy atom. The SMILES string of the molecule is COC(=O)[C@]12CC(=O)[C@H](C(C)C)CC(=O)C(C)=CCC/C(C)=C/C(=O)[C@H]1CC(C)=C1C[C@H](OC(C)=O)[C@](C)(O)[C@H]3CC[C@@](C)(O)[C@H](CC/C(C)=C/[C@@H]12)O3. The number of ether oxygens (including phenoxy) is 3. The van der Waals surface area contributed by atoms with E-state index in [0.29, 0.717) is 49.7 Å². The van der Waals surface area contributed by atoms with Crippen LogP contribution < -0.4 is 0 Å². The van der Waals surface area contributed by atoms with Crippen LogP contribution in [0.5, 0.6) is 0 Å². The summed E-state index contributed by atoms with van der Waals surface area (Å²) in [6.07, 6.45) is 5.18. The van der Waals surface area contributed by atoms with Crippen molar-refractivity contribution in [1.29, 1.82) is 0 Å². The van der Waals surface area contributed by atoms with Gasteiger partial charge in [0.1, 0.15) is 17.5 Å². The van der Waals surface area contributed by atoms with Crippen LogP contribution in [0.2, 0.25) is 0 Å². The lowest BCUT2D eigenvalue weighted by Gasteiger charge is -2.50. The number of rotatable bonds is 3. The highest BCUT2D eigenvalue weighted by atomic mass is 16.6. The van der Waals surface area contributed by atoms with Crippen molar-refractivity contribution in [3.63, 3.8) is 0 Å². The highest BCUT2D eigenvalue weighted by Gasteiger charge is 2.60. The van der Waals surface area contributed by atoms with Gasteiger partial charge in [0, 0.05) is 43.9 Å². The molecule has 4 rings (SSSR count). The molecule has 10 heteroatoms. The average molecular weight is 739 g/mol. The second-order valence-corrected chi connectivity index (χ2v) is 17.1. The first-order valence-electron chi connectivity index (χ1n) is 19.3. The van der Waals surface area contributed by atoms with E-state index >= 15 is 0 Å². The van der Waals surface area contributed by atoms with E-state index in [4.69, 9.17) is 14.2 Å². The van der Waals surface area contributed by atoms with Gasteiger partial charge in [0.05, 0.1) is 30.3 Å². The number of carbonyl (C=O) groups is 5. The molecule has 0 spiro atoms. The van der Waals surface area contributed by atoms with Gasteiger partial charge in [0.2, 0.25) is 0 Å². The van der Waals surface area contributed by atoms with Crippen molar-refractivity contribution in [2.75, 3.05) is 7.11 Å². The summed E-state index contributed by atoms with van der Waals surface area (Å²) in [6, 6.07) is 0. The van der Waals surface area contributed by atoms with E-state index in [9.17, 15) is 34.2 Å². The fourth-order valence-corrected chi connectivity index (χ4v) is 9.14. The van der Waals surface area contributed by atoms with Crippen LogP contribution in [-0.4, -0.2) is 76.1 Å². The number of carbonyl (C=O) groups excluding carboxylic acids is 5. The first-order valence-corrected chi connectivity index (χ1v) is 19.3. The van der Waals surface area contributed by atoms with Crippen molar-refractivity contribution in [1.82, 2.24) is 0 Å². The molecular formula is C43H62O10. The monoisotopic (exact) mass is 738 g/mol. The minimum Gasteiger partial charge on any atom is -0.469 e. The van der Waals surface area contributed by atoms with Crippen LogP contribution in [0.4, 0.5) is 0 Å². The Hall–Kier alpha value is -3.21. The van der Waals surface area contributed by atoms with Gasteiger partial charge in [0.25, 0.3) is 0 Å². The highest BCUT2D eigenvalue weighted by molar-refractivity contribution is 6.02. The van der Waals surface area contributed by atoms with E-state index in [1.165, 1.54) is 14.0 Å². The fraction of sp³-hybridized carbons (Fsp3) is 0.698. The van der Waals surface area contributed by atoms with Crippen LogP contribution in [0.3, 0.4) is 0 Å². The maximum absolute atomic E-state index is 14.8. The first kappa shape index (κ1) is 42.5. The maximum Gasteiger partial charge on any atom is 0.313 e. The largest absolute Gasteiger partial charge is 0.469 e. The number of Topliss-reactive ketones (excluding diaryl/α,β-unsaturated/α-hetero) is 2. The molecular weight excluding hydrogens is 676 g/mol. The molecule has 10 nitrogen and oxygen atoms in total. The Morgan fingerprint density at radius 1 is 0.943 bits per heavy atom. The molecule has 0 aromatic rings. The number of allylic oxidation sites excluding steroid dienone is 7. The molecule has 2 heterocycles. The summed E-state index contributed by atoms with van der Waals surface area (Å²) in [5, 5.41) is 23.6. The molecule has 2 aliphatic heterocycles. The zero-order valence-electron chi connectivity index (χ0n) is 33.5. The summed E-state index contributed by atoms with van der Waals surface area (Å²) in [5.74, 6) is -4.86. The molecule has 0 unspecified atom stereocenters. The lowest BCUT2D eigenvalue weighted by molar-refractivity contribution is -0.239. The van der Waals surface area contributed by atoms with E-state index in [1.807, 2.05) is 46.8 Å². The third-order valence-corrected chi connectivity index (χ3v) is 12.6. The molecule has 0 amide bonds. The molecule has 0 radical (unpaired) electrons. The molecule has 2 N–H and O–H groups in total. The molecule has 4 aliphatic rings. The molecule has 1 fully saturated rings. The van der Waals surface area contributed by atoms with Crippen LogP contribution in [-0.2, 0) is 38.2 Å². The van der Waals surface area contributed by atoms with Gasteiger partial charge < -0.3 is 24.4 Å². The molecule has 2 bridgehead atoms. The van der Waals surface area contributed by atoms with Crippen molar-refractivity contribution in [2.45, 2.75) is 156 Å². The van der Waals surface area contributed by atoms with Crippen molar-refractivity contribution >= 4 is 29.3 Å². The standard InChI is InChI=1S/C43H62O10/c1-24(2)30-21-34(45)27(5)13-11-12-25(3)19-35(46)33-20-28(6)31-22-39(52-29(7)44)42(9,50)38-16-17-41(8,49)37(53-38)15-14-26(4)18-32(31)43(33,23-36(30)47)40(48)51-10/h13,18-19,24,30,32-33,37-39,49-50H,11-12,14-17,20-23H2,1-10H3/b25-19+,26-18+,27-13?/t30-,32-,33+,37-,38+,39-,41+,42+,43-/m0/s1. The summed E-state index contributed by atoms with van der Waals surface area (Å²) < 4.78 is 17.9. The van der Waals surface area contributed by atoms with Crippen molar-refractivity contribution in [2.24, 2.45) is 29.1 Å². The molecule has 9 atom stereocenters. The number of methoxy groups -OCH3 is 1. The van der Waals surface area contributed by atoms with Gasteiger partial charge >= 0.3 is 11.9 Å². The Bertz CT molecular complexity index is 1590. The number of hydrogen-bond donors (Lipinski definition) is 2. The lowest BCUT2D eigenvalue weighted by Crippen LogP contribution is -2.59. The molecule has 1 saturated heterocycles. The zero-order chi connectivity index (χ0) is 39.6. The van der Waals surface area contributed by atoms with Crippen LogP contribution in [0.25, 0.3) is 0 Å². The molecule has 2 aliphatic carbocycles. The van der Waals surface area contributed by atoms with E-state index in [1.54, 1.807) is 26.8 Å². The van der Waals surface area contributed by atoms with E-state index in [2.05, 4.69) is 0 Å². The fourth-order valence-electron chi connectivity index (χ4n) is 9.14. The normalized spacial score (nSPS) is 38.7. The van der Waals surface area contributed by atoms with Gasteiger partial charge in [-0.3, -0.25) is 24.0 Å². The Labute approximate surface area is 315 Å². The first-order chi connectivity index (χ1) is 24.6. The molecule has 0 aromatic heterocycles.